The summed E-state index contributed by atoms with van der Waals surface area (Å²) in [6.45, 7) is 4.34. The lowest BCUT2D eigenvalue weighted by Crippen LogP contribution is -2.47. The van der Waals surface area contributed by atoms with Crippen molar-refractivity contribution in [2.24, 2.45) is 5.41 Å². The molecule has 256 valence electrons. The smallest absolute Gasteiger partial charge is 0.268 e. The topological polar surface area (TPSA) is 85.7 Å². The summed E-state index contributed by atoms with van der Waals surface area (Å²) in [4.78, 5) is 0.474. The number of rotatable bonds is 5. The monoisotopic (exact) mass is 712 g/mol. The fourth-order valence-corrected chi connectivity index (χ4v) is 13.7. The maximum Gasteiger partial charge on any atom is 0.268 e. The van der Waals surface area contributed by atoms with E-state index in [2.05, 4.69) is 18.2 Å². The molecule has 1 saturated carbocycles. The van der Waals surface area contributed by atoms with E-state index in [9.17, 15) is 16.8 Å². The van der Waals surface area contributed by atoms with Gasteiger partial charge in [-0.3, -0.25) is 4.31 Å². The second-order valence-electron chi connectivity index (χ2n) is 14.6. The lowest BCUT2D eigenvalue weighted by molar-refractivity contribution is 0.0518. The van der Waals surface area contributed by atoms with Gasteiger partial charge in [-0.2, -0.15) is 0 Å². The minimum absolute atomic E-state index is 0.235. The molecule has 2 aliphatic carbocycles. The third-order valence-electron chi connectivity index (χ3n) is 12.2. The van der Waals surface area contributed by atoms with E-state index >= 15 is 0 Å². The van der Waals surface area contributed by atoms with Crippen LogP contribution in [0.4, 0.5) is 5.69 Å². The van der Waals surface area contributed by atoms with Gasteiger partial charge in [-0.1, -0.05) is 102 Å². The number of anilines is 1. The van der Waals surface area contributed by atoms with Crippen LogP contribution in [0.2, 0.25) is 0 Å². The number of hydrogen-bond donors (Lipinski definition) is 0. The SMILES string of the molecule is Cc1ccc(S(=O)(=O)N2c3ccccc3C3C2[C@@H]2OCC[C@@]24Cc2c(c5ccccc5n2S(=O)(=O)c2ccc(C)cc2)[C@@]34c2ccccc2)cc1. The Morgan fingerprint density at radius 3 is 2.00 bits per heavy atom. The Hall–Kier alpha value is -4.70. The van der Waals surface area contributed by atoms with E-state index in [4.69, 9.17) is 4.74 Å². The van der Waals surface area contributed by atoms with E-state index in [-0.39, 0.29) is 15.7 Å². The molecule has 0 radical (unpaired) electrons. The molecule has 4 aliphatic rings. The van der Waals surface area contributed by atoms with Crippen molar-refractivity contribution in [3.8, 4) is 0 Å². The van der Waals surface area contributed by atoms with Crippen molar-refractivity contribution in [2.45, 2.75) is 60.0 Å². The van der Waals surface area contributed by atoms with E-state index in [1.807, 2.05) is 98.8 Å². The number of fused-ring (bicyclic) bond motifs is 9. The Morgan fingerprint density at radius 2 is 1.29 bits per heavy atom. The number of para-hydroxylation sites is 2. The van der Waals surface area contributed by atoms with Crippen LogP contribution < -0.4 is 4.31 Å². The van der Waals surface area contributed by atoms with Crippen molar-refractivity contribution in [3.63, 3.8) is 0 Å². The van der Waals surface area contributed by atoms with E-state index < -0.39 is 43.0 Å². The molecule has 7 nitrogen and oxygen atoms in total. The minimum Gasteiger partial charge on any atom is -0.375 e. The maximum absolute atomic E-state index is 15.0. The number of hydrogen-bond acceptors (Lipinski definition) is 5. The van der Waals surface area contributed by atoms with Crippen molar-refractivity contribution in [2.75, 3.05) is 10.9 Å². The molecule has 5 aromatic carbocycles. The first-order valence-corrected chi connectivity index (χ1v) is 20.3. The number of aryl methyl sites for hydroxylation is 2. The van der Waals surface area contributed by atoms with Gasteiger partial charge in [-0.25, -0.2) is 20.8 Å². The zero-order valence-electron chi connectivity index (χ0n) is 28.2. The third-order valence-corrected chi connectivity index (χ3v) is 15.8. The standard InChI is InChI=1S/C42H36N2O5S2/c1-27-16-20-30(21-17-27)50(45,46)43-34-14-8-6-12-32(34)37-36(43)26-41-24-25-49-40(41)39-38(42(37,41)29-10-4-3-5-11-29)33-13-7-9-15-35(33)44(39)51(47,48)31-22-18-28(2)19-23-31/h3-23,38-40H,24-26H2,1-2H3/t38?,39?,40-,41+,42-/m0/s1. The predicted molar refractivity (Wildman–Crippen MR) is 197 cm³/mol. The molecule has 0 N–H and O–H groups in total. The fraction of sp³-hybridized carbons (Fsp3) is 0.238. The Labute approximate surface area is 298 Å². The molecule has 0 amide bonds. The van der Waals surface area contributed by atoms with Crippen LogP contribution in [0.3, 0.4) is 0 Å². The highest BCUT2D eigenvalue weighted by Gasteiger charge is 2.79. The quantitative estimate of drug-likeness (QED) is 0.185. The Morgan fingerprint density at radius 1 is 0.686 bits per heavy atom. The molecule has 3 heterocycles. The molecular formula is C42H36N2O5S2. The molecule has 6 aromatic rings. The first-order valence-electron chi connectivity index (χ1n) is 17.4. The molecule has 1 saturated heterocycles. The van der Waals surface area contributed by atoms with E-state index in [0.717, 1.165) is 38.9 Å². The normalized spacial score (nSPS) is 26.2. The van der Waals surface area contributed by atoms with E-state index in [1.54, 1.807) is 32.5 Å². The average Bonchev–Trinajstić information content (AvgIpc) is 3.90. The van der Waals surface area contributed by atoms with Gasteiger partial charge in [-0.05, 0) is 79.8 Å². The van der Waals surface area contributed by atoms with E-state index in [1.165, 1.54) is 0 Å². The van der Waals surface area contributed by atoms with Gasteiger partial charge < -0.3 is 4.74 Å². The van der Waals surface area contributed by atoms with Gasteiger partial charge in [0.15, 0.2) is 0 Å². The van der Waals surface area contributed by atoms with Crippen LogP contribution in [-0.4, -0.2) is 39.6 Å². The number of sulfonamides is 1. The fourth-order valence-electron chi connectivity index (χ4n) is 10.5. The van der Waals surface area contributed by atoms with Crippen LogP contribution >= 0.6 is 0 Å². The Bertz CT molecular complexity index is 2620. The minimum atomic E-state index is -4.03. The molecule has 5 atom stereocenters. The molecule has 9 heteroatoms. The summed E-state index contributed by atoms with van der Waals surface area (Å²) in [5.74, 6) is -0.357. The molecule has 1 spiro atoms. The summed E-state index contributed by atoms with van der Waals surface area (Å²) < 4.78 is 69.7. The summed E-state index contributed by atoms with van der Waals surface area (Å²) in [7, 11) is -8.05. The van der Waals surface area contributed by atoms with Gasteiger partial charge in [0, 0.05) is 34.4 Å². The van der Waals surface area contributed by atoms with Gasteiger partial charge in [-0.15, -0.1) is 0 Å². The molecule has 1 aromatic heterocycles. The zero-order valence-corrected chi connectivity index (χ0v) is 29.9. The first-order chi connectivity index (χ1) is 24.6. The molecule has 10 rings (SSSR count). The highest BCUT2D eigenvalue weighted by atomic mass is 32.2. The third kappa shape index (κ3) is 3.76. The maximum atomic E-state index is 15.0. The van der Waals surface area contributed by atoms with Crippen LogP contribution in [0, 0.1) is 19.3 Å². The Kier molecular flexibility index (Phi) is 6.36. The summed E-state index contributed by atoms with van der Waals surface area (Å²) in [6.07, 6.45) is 0.584. The van der Waals surface area contributed by atoms with Crippen molar-refractivity contribution in [3.05, 3.63) is 161 Å². The van der Waals surface area contributed by atoms with Gasteiger partial charge >= 0.3 is 0 Å². The largest absolute Gasteiger partial charge is 0.375 e. The van der Waals surface area contributed by atoms with Crippen molar-refractivity contribution < 1.29 is 21.6 Å². The van der Waals surface area contributed by atoms with Gasteiger partial charge in [0.1, 0.15) is 0 Å². The van der Waals surface area contributed by atoms with Crippen molar-refractivity contribution in [1.82, 2.24) is 3.97 Å². The first kappa shape index (κ1) is 31.1. The number of aromatic nitrogens is 1. The molecule has 2 fully saturated rings. The highest BCUT2D eigenvalue weighted by molar-refractivity contribution is 7.93. The highest BCUT2D eigenvalue weighted by Crippen LogP contribution is 2.77. The number of ether oxygens (including phenoxy) is 1. The van der Waals surface area contributed by atoms with Crippen LogP contribution in [0.5, 0.6) is 0 Å². The molecule has 0 bridgehead atoms. The van der Waals surface area contributed by atoms with Gasteiger partial charge in [0.05, 0.1) is 33.1 Å². The second kappa shape index (κ2) is 10.4. The summed E-state index contributed by atoms with van der Waals surface area (Å²) >= 11 is 0. The van der Waals surface area contributed by atoms with Crippen molar-refractivity contribution in [1.29, 1.82) is 0 Å². The van der Waals surface area contributed by atoms with Crippen LogP contribution in [-0.2, 0) is 36.6 Å². The summed E-state index contributed by atoms with van der Waals surface area (Å²) in [5, 5.41) is 0.868. The van der Waals surface area contributed by atoms with Crippen LogP contribution in [0.15, 0.2) is 137 Å². The molecule has 2 unspecified atom stereocenters. The lowest BCUT2D eigenvalue weighted by atomic mass is 9.56. The molecular weight excluding hydrogens is 677 g/mol. The molecule has 2 aliphatic heterocycles. The zero-order chi connectivity index (χ0) is 34.9. The predicted octanol–water partition coefficient (Wildman–Crippen LogP) is 7.49. The summed E-state index contributed by atoms with van der Waals surface area (Å²) in [6, 6.07) is 39.6. The van der Waals surface area contributed by atoms with Crippen LogP contribution in [0.25, 0.3) is 10.9 Å². The molecule has 51 heavy (non-hydrogen) atoms. The van der Waals surface area contributed by atoms with Crippen molar-refractivity contribution >= 4 is 36.6 Å². The van der Waals surface area contributed by atoms with Gasteiger partial charge in [0.2, 0.25) is 0 Å². The summed E-state index contributed by atoms with van der Waals surface area (Å²) in [5.41, 5.74) is 5.51. The average molecular weight is 713 g/mol. The number of benzene rings is 5. The van der Waals surface area contributed by atoms with E-state index in [0.29, 0.717) is 30.7 Å². The second-order valence-corrected chi connectivity index (χ2v) is 18.2. The van der Waals surface area contributed by atoms with Gasteiger partial charge in [0.25, 0.3) is 20.0 Å². The van der Waals surface area contributed by atoms with Crippen LogP contribution in [0.1, 0.15) is 45.8 Å². The number of nitrogens with zero attached hydrogens (tertiary/aromatic N) is 2. The Balaban J connectivity index is 1.32. The lowest BCUT2D eigenvalue weighted by Gasteiger charge is -2.44.